The number of ether oxygens (including phenoxy) is 1. The van der Waals surface area contributed by atoms with Crippen LogP contribution in [-0.2, 0) is 10.3 Å². The molecule has 6 heteroatoms. The average molecular weight is 292 g/mol. The molecule has 0 unspecified atom stereocenters. The van der Waals surface area contributed by atoms with Gasteiger partial charge in [0, 0.05) is 26.3 Å². The van der Waals surface area contributed by atoms with E-state index in [0.717, 1.165) is 12.2 Å². The second kappa shape index (κ2) is 6.30. The van der Waals surface area contributed by atoms with Crippen LogP contribution in [0.15, 0.2) is 23.9 Å². The van der Waals surface area contributed by atoms with Gasteiger partial charge in [-0.25, -0.2) is 9.48 Å². The van der Waals surface area contributed by atoms with Gasteiger partial charge in [-0.15, -0.1) is 0 Å². The first-order valence-corrected chi connectivity index (χ1v) is 7.19. The number of hydrogen-bond acceptors (Lipinski definition) is 3. The second-order valence-electron chi connectivity index (χ2n) is 6.22. The van der Waals surface area contributed by atoms with Crippen LogP contribution < -0.4 is 5.32 Å². The van der Waals surface area contributed by atoms with E-state index < -0.39 is 0 Å². The van der Waals surface area contributed by atoms with E-state index in [4.69, 9.17) is 4.74 Å². The van der Waals surface area contributed by atoms with Gasteiger partial charge in [-0.05, 0) is 32.8 Å². The first-order chi connectivity index (χ1) is 9.91. The number of aromatic nitrogens is 2. The van der Waals surface area contributed by atoms with E-state index in [9.17, 15) is 4.79 Å². The normalized spacial score (nSPS) is 15.8. The maximum Gasteiger partial charge on any atom is 0.323 e. The van der Waals surface area contributed by atoms with E-state index in [1.54, 1.807) is 18.2 Å². The third-order valence-corrected chi connectivity index (χ3v) is 3.43. The Bertz CT molecular complexity index is 528. The summed E-state index contributed by atoms with van der Waals surface area (Å²) in [5.74, 6) is 0.721. The lowest BCUT2D eigenvalue weighted by Crippen LogP contribution is -2.39. The highest BCUT2D eigenvalue weighted by molar-refractivity contribution is 5.88. The summed E-state index contributed by atoms with van der Waals surface area (Å²) in [5.41, 5.74) is 1.08. The van der Waals surface area contributed by atoms with Gasteiger partial charge in [0.1, 0.15) is 5.82 Å². The number of methoxy groups -OCH3 is 1. The lowest BCUT2D eigenvalue weighted by atomic mass is 10.1. The molecule has 6 nitrogen and oxygen atoms in total. The monoisotopic (exact) mass is 292 g/mol. The molecule has 0 bridgehead atoms. The number of nitrogens with one attached hydrogen (secondary N) is 1. The second-order valence-corrected chi connectivity index (χ2v) is 6.22. The quantitative estimate of drug-likeness (QED) is 0.871. The van der Waals surface area contributed by atoms with Crippen molar-refractivity contribution in [3.05, 3.63) is 23.9 Å². The minimum Gasteiger partial charge on any atom is -0.380 e. The molecule has 1 aromatic rings. The van der Waals surface area contributed by atoms with Crippen molar-refractivity contribution in [2.24, 2.45) is 0 Å². The largest absolute Gasteiger partial charge is 0.380 e. The standard InChI is InChI=1S/C15H24N4O2/c1-15(2,3)19-13(5-8-16-19)17-14(20)18-9-6-12(7-10-18)11-21-4/h5-6,8H,7,9-11H2,1-4H3,(H,17,20). The summed E-state index contributed by atoms with van der Waals surface area (Å²) in [6.07, 6.45) is 4.63. The summed E-state index contributed by atoms with van der Waals surface area (Å²) < 4.78 is 6.94. The molecule has 21 heavy (non-hydrogen) atoms. The van der Waals surface area contributed by atoms with Crippen LogP contribution in [0.5, 0.6) is 0 Å². The lowest BCUT2D eigenvalue weighted by molar-refractivity contribution is 0.203. The molecule has 0 atom stereocenters. The maximum atomic E-state index is 12.3. The molecular weight excluding hydrogens is 268 g/mol. The molecule has 2 heterocycles. The number of rotatable bonds is 3. The Morgan fingerprint density at radius 2 is 2.24 bits per heavy atom. The molecule has 0 aliphatic carbocycles. The Hall–Kier alpha value is -1.82. The van der Waals surface area contributed by atoms with E-state index in [1.165, 1.54) is 5.57 Å². The van der Waals surface area contributed by atoms with Crippen LogP contribution in [0, 0.1) is 0 Å². The van der Waals surface area contributed by atoms with Crippen molar-refractivity contribution in [1.82, 2.24) is 14.7 Å². The topological polar surface area (TPSA) is 59.4 Å². The Morgan fingerprint density at radius 1 is 1.48 bits per heavy atom. The van der Waals surface area contributed by atoms with E-state index in [0.29, 0.717) is 19.7 Å². The molecule has 1 aromatic heterocycles. The first kappa shape index (κ1) is 15.6. The fraction of sp³-hybridized carbons (Fsp3) is 0.600. The van der Waals surface area contributed by atoms with Crippen molar-refractivity contribution in [3.63, 3.8) is 0 Å². The number of amides is 2. The highest BCUT2D eigenvalue weighted by Gasteiger charge is 2.21. The zero-order valence-corrected chi connectivity index (χ0v) is 13.2. The molecule has 0 spiro atoms. The number of urea groups is 1. The Kier molecular flexibility index (Phi) is 4.67. The number of anilines is 1. The fourth-order valence-corrected chi connectivity index (χ4v) is 2.33. The highest BCUT2D eigenvalue weighted by Crippen LogP contribution is 2.20. The van der Waals surface area contributed by atoms with Gasteiger partial charge in [-0.3, -0.25) is 5.32 Å². The van der Waals surface area contributed by atoms with Gasteiger partial charge >= 0.3 is 6.03 Å². The maximum absolute atomic E-state index is 12.3. The van der Waals surface area contributed by atoms with Gasteiger partial charge in [0.25, 0.3) is 0 Å². The van der Waals surface area contributed by atoms with Crippen LogP contribution in [0.25, 0.3) is 0 Å². The predicted molar refractivity (Wildman–Crippen MR) is 82.4 cm³/mol. The van der Waals surface area contributed by atoms with Gasteiger partial charge in [0.15, 0.2) is 0 Å². The summed E-state index contributed by atoms with van der Waals surface area (Å²) in [6.45, 7) is 8.13. The summed E-state index contributed by atoms with van der Waals surface area (Å²) in [6, 6.07) is 1.73. The van der Waals surface area contributed by atoms with E-state index >= 15 is 0 Å². The smallest absolute Gasteiger partial charge is 0.323 e. The van der Waals surface area contributed by atoms with Crippen molar-refractivity contribution in [3.8, 4) is 0 Å². The summed E-state index contributed by atoms with van der Waals surface area (Å²) in [7, 11) is 1.69. The summed E-state index contributed by atoms with van der Waals surface area (Å²) in [5, 5.41) is 7.22. The molecule has 0 fully saturated rings. The SMILES string of the molecule is COCC1=CCN(C(=O)Nc2ccnn2C(C)(C)C)CC1. The molecule has 0 aromatic carbocycles. The highest BCUT2D eigenvalue weighted by atomic mass is 16.5. The Labute approximate surface area is 125 Å². The molecule has 1 aliphatic heterocycles. The van der Waals surface area contributed by atoms with E-state index in [-0.39, 0.29) is 11.6 Å². The third-order valence-electron chi connectivity index (χ3n) is 3.43. The molecule has 1 N–H and O–H groups in total. The minimum absolute atomic E-state index is 0.0892. The van der Waals surface area contributed by atoms with E-state index in [2.05, 4.69) is 37.3 Å². The van der Waals surface area contributed by atoms with Gasteiger partial charge < -0.3 is 9.64 Å². The third kappa shape index (κ3) is 3.85. The fourth-order valence-electron chi connectivity index (χ4n) is 2.33. The molecule has 2 rings (SSSR count). The zero-order chi connectivity index (χ0) is 15.5. The van der Waals surface area contributed by atoms with E-state index in [1.807, 2.05) is 10.7 Å². The number of nitrogens with zero attached hydrogens (tertiary/aromatic N) is 3. The number of carbonyl (C=O) groups excluding carboxylic acids is 1. The van der Waals surface area contributed by atoms with Gasteiger partial charge in [-0.2, -0.15) is 5.10 Å². The summed E-state index contributed by atoms with van der Waals surface area (Å²) in [4.78, 5) is 14.1. The Morgan fingerprint density at radius 3 is 2.81 bits per heavy atom. The number of hydrogen-bond donors (Lipinski definition) is 1. The number of carbonyl (C=O) groups is 1. The van der Waals surface area contributed by atoms with Crippen molar-refractivity contribution in [1.29, 1.82) is 0 Å². The first-order valence-electron chi connectivity index (χ1n) is 7.19. The van der Waals surface area contributed by atoms with Crippen LogP contribution in [0.3, 0.4) is 0 Å². The minimum atomic E-state index is -0.167. The van der Waals surface area contributed by atoms with Crippen LogP contribution in [0.1, 0.15) is 27.2 Å². The Balaban J connectivity index is 1.99. The molecular formula is C15H24N4O2. The molecule has 116 valence electrons. The molecule has 0 saturated heterocycles. The molecule has 0 saturated carbocycles. The van der Waals surface area contributed by atoms with Gasteiger partial charge in [0.2, 0.25) is 0 Å². The average Bonchev–Trinajstić information content (AvgIpc) is 2.88. The van der Waals surface area contributed by atoms with Crippen LogP contribution in [0.4, 0.5) is 10.6 Å². The molecule has 0 radical (unpaired) electrons. The molecule has 2 amide bonds. The lowest BCUT2D eigenvalue weighted by Gasteiger charge is -2.28. The van der Waals surface area contributed by atoms with Gasteiger partial charge in [0.05, 0.1) is 18.3 Å². The van der Waals surface area contributed by atoms with Crippen LogP contribution in [-0.4, -0.2) is 47.5 Å². The van der Waals surface area contributed by atoms with Crippen molar-refractivity contribution >= 4 is 11.8 Å². The van der Waals surface area contributed by atoms with Crippen molar-refractivity contribution < 1.29 is 9.53 Å². The van der Waals surface area contributed by atoms with Gasteiger partial charge in [-0.1, -0.05) is 6.08 Å². The van der Waals surface area contributed by atoms with Crippen LogP contribution in [0.2, 0.25) is 0 Å². The predicted octanol–water partition coefficient (Wildman–Crippen LogP) is 2.45. The van der Waals surface area contributed by atoms with Crippen molar-refractivity contribution in [2.45, 2.75) is 32.7 Å². The molecule has 1 aliphatic rings. The zero-order valence-electron chi connectivity index (χ0n) is 13.2. The summed E-state index contributed by atoms with van der Waals surface area (Å²) >= 11 is 0. The van der Waals surface area contributed by atoms with Crippen molar-refractivity contribution in [2.75, 3.05) is 32.1 Å². The van der Waals surface area contributed by atoms with Crippen LogP contribution >= 0.6 is 0 Å².